The normalized spacial score (nSPS) is 15.2. The minimum absolute atomic E-state index is 0.1000. The van der Waals surface area contributed by atoms with Gasteiger partial charge in [-0.3, -0.25) is 9.52 Å². The first kappa shape index (κ1) is 26.9. The van der Waals surface area contributed by atoms with Crippen LogP contribution in [0.3, 0.4) is 0 Å². The predicted octanol–water partition coefficient (Wildman–Crippen LogP) is 4.67. The third-order valence-electron chi connectivity index (χ3n) is 6.39. The summed E-state index contributed by atoms with van der Waals surface area (Å²) in [4.78, 5) is 26.5. The minimum Gasteiger partial charge on any atom is -0.495 e. The lowest BCUT2D eigenvalue weighted by atomic mass is 9.83. The summed E-state index contributed by atoms with van der Waals surface area (Å²) < 4.78 is 52.8. The number of nitrogens with zero attached hydrogens (tertiary/aromatic N) is 1. The average molecular weight is 539 g/mol. The number of halogens is 1. The van der Waals surface area contributed by atoms with Crippen molar-refractivity contribution in [1.29, 1.82) is 0 Å². The lowest BCUT2D eigenvalue weighted by molar-refractivity contribution is -0.117. The van der Waals surface area contributed by atoms with Crippen molar-refractivity contribution in [3.8, 4) is 5.75 Å². The summed E-state index contributed by atoms with van der Waals surface area (Å²) in [6.07, 6.45) is 1.44. The number of anilines is 2. The number of likely N-dealkylation sites (N-methyl/N-ethyl adjacent to an activating group) is 1. The topological polar surface area (TPSA) is 102 Å². The lowest BCUT2D eigenvalue weighted by Crippen LogP contribution is -2.25. The van der Waals surface area contributed by atoms with Gasteiger partial charge in [0.25, 0.3) is 10.0 Å². The van der Waals surface area contributed by atoms with Gasteiger partial charge in [0.05, 0.1) is 18.4 Å². The van der Waals surface area contributed by atoms with Gasteiger partial charge in [-0.25, -0.2) is 17.6 Å². The number of hydrogen-bond acceptors (Lipinski definition) is 7. The number of nitrogens with one attached hydrogen (secondary N) is 1. The van der Waals surface area contributed by atoms with Crippen LogP contribution >= 0.6 is 0 Å². The maximum atomic E-state index is 14.5. The largest absolute Gasteiger partial charge is 0.495 e. The second kappa shape index (κ2) is 10.3. The van der Waals surface area contributed by atoms with Crippen LogP contribution in [0.4, 0.5) is 15.8 Å². The highest BCUT2D eigenvalue weighted by Crippen LogP contribution is 2.46. The Kier molecular flexibility index (Phi) is 7.28. The van der Waals surface area contributed by atoms with Crippen LogP contribution in [-0.2, 0) is 25.0 Å². The molecule has 0 saturated carbocycles. The molecule has 10 heteroatoms. The fraction of sp³-hybridized carbons (Fsp3) is 0.214. The van der Waals surface area contributed by atoms with Crippen molar-refractivity contribution < 1.29 is 31.9 Å². The summed E-state index contributed by atoms with van der Waals surface area (Å²) in [5, 5.41) is 0. The van der Waals surface area contributed by atoms with Crippen molar-refractivity contribution >= 4 is 33.2 Å². The van der Waals surface area contributed by atoms with Gasteiger partial charge in [-0.2, -0.15) is 0 Å². The van der Waals surface area contributed by atoms with E-state index in [-0.39, 0.29) is 17.0 Å². The SMILES string of the molecule is COc1ccccc1NS(=O)(=O)c1cc(C(=O)OCC(=O)C=C2N(C)c3ccccc3C2(C)C)ccc1F. The first-order valence-electron chi connectivity index (χ1n) is 11.7. The summed E-state index contributed by atoms with van der Waals surface area (Å²) in [6, 6.07) is 16.8. The van der Waals surface area contributed by atoms with Gasteiger partial charge in [-0.1, -0.05) is 44.2 Å². The molecule has 0 aromatic heterocycles. The highest BCUT2D eigenvalue weighted by atomic mass is 32.2. The molecule has 0 amide bonds. The number of ether oxygens (including phenoxy) is 2. The summed E-state index contributed by atoms with van der Waals surface area (Å²) in [6.45, 7) is 3.43. The van der Waals surface area contributed by atoms with Crippen LogP contribution in [0.5, 0.6) is 5.75 Å². The molecular weight excluding hydrogens is 511 g/mol. The van der Waals surface area contributed by atoms with Gasteiger partial charge in [0.15, 0.2) is 12.4 Å². The number of para-hydroxylation sites is 3. The number of sulfonamides is 1. The molecule has 1 heterocycles. The number of benzene rings is 3. The van der Waals surface area contributed by atoms with E-state index in [1.165, 1.54) is 25.3 Å². The van der Waals surface area contributed by atoms with Crippen LogP contribution in [0.2, 0.25) is 0 Å². The lowest BCUT2D eigenvalue weighted by Gasteiger charge is -2.23. The molecule has 198 valence electrons. The summed E-state index contributed by atoms with van der Waals surface area (Å²) in [7, 11) is -1.19. The number of carbonyl (C=O) groups is 2. The van der Waals surface area contributed by atoms with Gasteiger partial charge in [-0.05, 0) is 42.0 Å². The molecule has 3 aromatic rings. The molecule has 0 fully saturated rings. The Labute approximate surface area is 220 Å². The zero-order chi connectivity index (χ0) is 27.7. The van der Waals surface area contributed by atoms with Crippen LogP contribution in [0.25, 0.3) is 0 Å². The summed E-state index contributed by atoms with van der Waals surface area (Å²) in [5.41, 5.74) is 2.24. The highest BCUT2D eigenvalue weighted by molar-refractivity contribution is 7.92. The number of rotatable bonds is 8. The molecule has 0 bridgehead atoms. The quantitative estimate of drug-likeness (QED) is 0.328. The van der Waals surface area contributed by atoms with Crippen molar-refractivity contribution in [2.45, 2.75) is 24.2 Å². The Bertz CT molecular complexity index is 1550. The second-order valence-electron chi connectivity index (χ2n) is 9.22. The van der Waals surface area contributed by atoms with Crippen LogP contribution in [0, 0.1) is 5.82 Å². The van der Waals surface area contributed by atoms with E-state index in [1.807, 2.05) is 50.1 Å². The molecule has 1 N–H and O–H groups in total. The Morgan fingerprint density at radius 1 is 1.05 bits per heavy atom. The fourth-order valence-corrected chi connectivity index (χ4v) is 5.61. The summed E-state index contributed by atoms with van der Waals surface area (Å²) >= 11 is 0. The number of hydrogen-bond donors (Lipinski definition) is 1. The number of methoxy groups -OCH3 is 1. The molecule has 0 spiro atoms. The zero-order valence-corrected chi connectivity index (χ0v) is 22.1. The number of ketones is 1. The van der Waals surface area contributed by atoms with Gasteiger partial charge in [0, 0.05) is 29.9 Å². The Hall–Kier alpha value is -4.18. The Morgan fingerprint density at radius 2 is 1.74 bits per heavy atom. The fourth-order valence-electron chi connectivity index (χ4n) is 4.44. The van der Waals surface area contributed by atoms with Crippen molar-refractivity contribution in [1.82, 2.24) is 0 Å². The number of fused-ring (bicyclic) bond motifs is 1. The third-order valence-corrected chi connectivity index (χ3v) is 7.77. The smallest absolute Gasteiger partial charge is 0.338 e. The van der Waals surface area contributed by atoms with Crippen LogP contribution in [0.15, 0.2) is 83.4 Å². The number of carbonyl (C=O) groups excluding carboxylic acids is 2. The molecule has 3 aromatic carbocycles. The molecule has 1 aliphatic rings. The maximum Gasteiger partial charge on any atom is 0.338 e. The number of esters is 1. The van der Waals surface area contributed by atoms with Gasteiger partial charge < -0.3 is 14.4 Å². The first-order chi connectivity index (χ1) is 18.0. The Balaban J connectivity index is 1.49. The maximum absolute atomic E-state index is 14.5. The molecule has 38 heavy (non-hydrogen) atoms. The van der Waals surface area contributed by atoms with Crippen LogP contribution < -0.4 is 14.4 Å². The standard InChI is InChI=1S/C28H27FN2O6S/c1-28(2)20-9-5-7-11-23(20)31(3)26(28)16-19(32)17-37-27(33)18-13-14-21(29)25(15-18)38(34,35)30-22-10-6-8-12-24(22)36-4/h5-16,30H,17H2,1-4H3. The van der Waals surface area contributed by atoms with Crippen LogP contribution in [0.1, 0.15) is 29.8 Å². The second-order valence-corrected chi connectivity index (χ2v) is 10.9. The summed E-state index contributed by atoms with van der Waals surface area (Å²) in [5.74, 6) is -2.24. The predicted molar refractivity (Wildman–Crippen MR) is 141 cm³/mol. The van der Waals surface area contributed by atoms with Crippen molar-refractivity contribution in [3.05, 3.63) is 95.4 Å². The van der Waals surface area contributed by atoms with E-state index < -0.39 is 44.5 Å². The monoisotopic (exact) mass is 538 g/mol. The zero-order valence-electron chi connectivity index (χ0n) is 21.3. The van der Waals surface area contributed by atoms with E-state index in [4.69, 9.17) is 9.47 Å². The Morgan fingerprint density at radius 3 is 2.45 bits per heavy atom. The van der Waals surface area contributed by atoms with Gasteiger partial charge in [0.1, 0.15) is 16.5 Å². The van der Waals surface area contributed by atoms with Crippen molar-refractivity contribution in [2.24, 2.45) is 0 Å². The van der Waals surface area contributed by atoms with Gasteiger partial charge >= 0.3 is 5.97 Å². The molecule has 0 saturated heterocycles. The minimum atomic E-state index is -4.42. The van der Waals surface area contributed by atoms with E-state index in [0.717, 1.165) is 35.1 Å². The van der Waals surface area contributed by atoms with Crippen molar-refractivity contribution in [3.63, 3.8) is 0 Å². The molecule has 1 aliphatic heterocycles. The highest BCUT2D eigenvalue weighted by Gasteiger charge is 2.38. The van der Waals surface area contributed by atoms with E-state index in [2.05, 4.69) is 4.72 Å². The van der Waals surface area contributed by atoms with E-state index in [9.17, 15) is 22.4 Å². The third kappa shape index (κ3) is 5.12. The molecule has 0 radical (unpaired) electrons. The molecule has 0 atom stereocenters. The molecule has 4 rings (SSSR count). The molecule has 0 aliphatic carbocycles. The number of allylic oxidation sites excluding steroid dienone is 1. The van der Waals surface area contributed by atoms with E-state index in [0.29, 0.717) is 0 Å². The van der Waals surface area contributed by atoms with Crippen LogP contribution in [-0.4, -0.2) is 40.9 Å². The molecular formula is C28H27FN2O6S. The van der Waals surface area contributed by atoms with E-state index in [1.54, 1.807) is 12.1 Å². The molecule has 0 unspecified atom stereocenters. The average Bonchev–Trinajstić information content (AvgIpc) is 3.08. The molecule has 8 nitrogen and oxygen atoms in total. The van der Waals surface area contributed by atoms with Crippen molar-refractivity contribution in [2.75, 3.05) is 30.4 Å². The van der Waals surface area contributed by atoms with E-state index >= 15 is 0 Å². The van der Waals surface area contributed by atoms with Gasteiger partial charge in [0.2, 0.25) is 0 Å². The first-order valence-corrected chi connectivity index (χ1v) is 13.1. The van der Waals surface area contributed by atoms with Gasteiger partial charge in [-0.15, -0.1) is 0 Å².